The minimum Gasteiger partial charge on any atom is -0.430 e. The van der Waals surface area contributed by atoms with Gasteiger partial charge >= 0.3 is 5.69 Å². The summed E-state index contributed by atoms with van der Waals surface area (Å²) in [6.07, 6.45) is 1.27. The van der Waals surface area contributed by atoms with Crippen LogP contribution >= 0.6 is 23.2 Å². The van der Waals surface area contributed by atoms with E-state index in [2.05, 4.69) is 9.97 Å². The molecule has 0 spiro atoms. The topological polar surface area (TPSA) is 78.2 Å². The van der Waals surface area contributed by atoms with Crippen LogP contribution in [0.5, 0.6) is 11.6 Å². The van der Waals surface area contributed by atoms with E-state index >= 15 is 0 Å². The summed E-state index contributed by atoms with van der Waals surface area (Å²) in [5, 5.41) is 11.2. The number of aromatic nitrogens is 2. The van der Waals surface area contributed by atoms with Crippen molar-refractivity contribution in [2.24, 2.45) is 0 Å². The average Bonchev–Trinajstić information content (AvgIpc) is 2.36. The largest absolute Gasteiger partial charge is 0.430 e. The normalized spacial score (nSPS) is 10.4. The molecule has 1 aromatic carbocycles. The summed E-state index contributed by atoms with van der Waals surface area (Å²) in [5.74, 6) is 0.0546. The van der Waals surface area contributed by atoms with Crippen molar-refractivity contribution >= 4 is 28.9 Å². The Morgan fingerprint density at radius 1 is 1.30 bits per heavy atom. The fraction of sp³-hybridized carbons (Fsp3) is 0.167. The second kappa shape index (κ2) is 5.60. The highest BCUT2D eigenvalue weighted by molar-refractivity contribution is 6.32. The minimum absolute atomic E-state index is 0.0262. The molecule has 0 aliphatic heterocycles. The van der Waals surface area contributed by atoms with Gasteiger partial charge in [-0.05, 0) is 36.6 Å². The summed E-state index contributed by atoms with van der Waals surface area (Å²) in [6.45, 7) is 3.46. The number of aryl methyl sites for hydroxylation is 2. The Kier molecular flexibility index (Phi) is 4.06. The van der Waals surface area contributed by atoms with Crippen molar-refractivity contribution in [2.45, 2.75) is 13.8 Å². The predicted octanol–water partition coefficient (Wildman–Crippen LogP) is 4.10. The molecular formula is C12H9Cl2N3O3. The van der Waals surface area contributed by atoms with Crippen LogP contribution in [-0.4, -0.2) is 14.9 Å². The van der Waals surface area contributed by atoms with Gasteiger partial charge in [0, 0.05) is 6.07 Å². The number of hydrogen-bond donors (Lipinski definition) is 0. The first kappa shape index (κ1) is 14.5. The number of nitrogens with zero attached hydrogens (tertiary/aromatic N) is 3. The van der Waals surface area contributed by atoms with Crippen LogP contribution in [0.4, 0.5) is 5.69 Å². The summed E-state index contributed by atoms with van der Waals surface area (Å²) in [4.78, 5) is 18.1. The lowest BCUT2D eigenvalue weighted by molar-refractivity contribution is -0.385. The maximum absolute atomic E-state index is 11.1. The molecule has 2 aromatic rings. The van der Waals surface area contributed by atoms with E-state index in [1.165, 1.54) is 12.3 Å². The Morgan fingerprint density at radius 2 is 2.00 bits per heavy atom. The second-order valence-electron chi connectivity index (χ2n) is 4.08. The summed E-state index contributed by atoms with van der Waals surface area (Å²) in [6, 6.07) is 3.18. The Bertz CT molecular complexity index is 692. The van der Waals surface area contributed by atoms with Crippen LogP contribution in [0.3, 0.4) is 0 Å². The molecule has 0 unspecified atom stereocenters. The number of benzene rings is 1. The van der Waals surface area contributed by atoms with Gasteiger partial charge in [0.2, 0.25) is 16.9 Å². The van der Waals surface area contributed by atoms with Gasteiger partial charge in [0.25, 0.3) is 0 Å². The lowest BCUT2D eigenvalue weighted by Crippen LogP contribution is -1.99. The number of nitro groups is 1. The monoisotopic (exact) mass is 313 g/mol. The SMILES string of the molecule is Cc1cc(C)c(Oc2nc(Cl)ncc2Cl)c([N+](=O)[O-])c1. The smallest absolute Gasteiger partial charge is 0.312 e. The first-order valence-corrected chi connectivity index (χ1v) is 6.25. The molecule has 0 radical (unpaired) electrons. The molecule has 0 saturated carbocycles. The van der Waals surface area contributed by atoms with Gasteiger partial charge in [-0.1, -0.05) is 17.7 Å². The van der Waals surface area contributed by atoms with E-state index in [4.69, 9.17) is 27.9 Å². The van der Waals surface area contributed by atoms with E-state index in [9.17, 15) is 10.1 Å². The van der Waals surface area contributed by atoms with Gasteiger partial charge in [-0.25, -0.2) is 4.98 Å². The number of rotatable bonds is 3. The molecule has 8 heteroatoms. The van der Waals surface area contributed by atoms with Crippen molar-refractivity contribution in [1.82, 2.24) is 9.97 Å². The summed E-state index contributed by atoms with van der Waals surface area (Å²) >= 11 is 11.5. The van der Waals surface area contributed by atoms with Crippen LogP contribution in [0.1, 0.15) is 11.1 Å². The van der Waals surface area contributed by atoms with Crippen LogP contribution in [0.25, 0.3) is 0 Å². The van der Waals surface area contributed by atoms with Gasteiger partial charge < -0.3 is 4.74 Å². The lowest BCUT2D eigenvalue weighted by atomic mass is 10.1. The maximum Gasteiger partial charge on any atom is 0.312 e. The quantitative estimate of drug-likeness (QED) is 0.484. The van der Waals surface area contributed by atoms with E-state index in [-0.39, 0.29) is 27.6 Å². The van der Waals surface area contributed by atoms with E-state index in [0.29, 0.717) is 5.56 Å². The first-order chi connectivity index (χ1) is 9.38. The maximum atomic E-state index is 11.1. The van der Waals surface area contributed by atoms with Crippen molar-refractivity contribution in [3.63, 3.8) is 0 Å². The Balaban J connectivity index is 2.53. The van der Waals surface area contributed by atoms with Crippen LogP contribution in [-0.2, 0) is 0 Å². The van der Waals surface area contributed by atoms with Gasteiger partial charge in [-0.2, -0.15) is 4.98 Å². The summed E-state index contributed by atoms with van der Waals surface area (Å²) in [7, 11) is 0. The van der Waals surface area contributed by atoms with Crippen molar-refractivity contribution in [3.05, 3.63) is 49.9 Å². The number of ether oxygens (including phenoxy) is 1. The van der Waals surface area contributed by atoms with Gasteiger partial charge in [0.05, 0.1) is 11.1 Å². The van der Waals surface area contributed by atoms with Crippen molar-refractivity contribution < 1.29 is 9.66 Å². The van der Waals surface area contributed by atoms with E-state index in [0.717, 1.165) is 5.56 Å². The average molecular weight is 314 g/mol. The molecular weight excluding hydrogens is 305 g/mol. The molecule has 20 heavy (non-hydrogen) atoms. The molecule has 2 rings (SSSR count). The summed E-state index contributed by atoms with van der Waals surface area (Å²) in [5.41, 5.74) is 1.20. The highest BCUT2D eigenvalue weighted by atomic mass is 35.5. The molecule has 0 aliphatic rings. The molecule has 0 bridgehead atoms. The zero-order chi connectivity index (χ0) is 14.9. The van der Waals surface area contributed by atoms with Crippen molar-refractivity contribution in [1.29, 1.82) is 0 Å². The van der Waals surface area contributed by atoms with Crippen molar-refractivity contribution in [2.75, 3.05) is 0 Å². The third-order valence-electron chi connectivity index (χ3n) is 2.48. The standard InChI is InChI=1S/C12H9Cl2N3O3/c1-6-3-7(2)10(9(4-6)17(18)19)20-11-8(13)5-15-12(14)16-11/h3-5H,1-2H3. The Labute approximate surface area is 124 Å². The summed E-state index contributed by atoms with van der Waals surface area (Å²) < 4.78 is 5.46. The van der Waals surface area contributed by atoms with Crippen LogP contribution in [0, 0.1) is 24.0 Å². The van der Waals surface area contributed by atoms with E-state index < -0.39 is 4.92 Å². The number of hydrogen-bond acceptors (Lipinski definition) is 5. The molecule has 0 atom stereocenters. The number of nitro benzene ring substituents is 1. The fourth-order valence-corrected chi connectivity index (χ4v) is 1.95. The van der Waals surface area contributed by atoms with Gasteiger partial charge in [0.1, 0.15) is 5.02 Å². The predicted molar refractivity (Wildman–Crippen MR) is 74.7 cm³/mol. The Morgan fingerprint density at radius 3 is 2.65 bits per heavy atom. The molecule has 0 fully saturated rings. The lowest BCUT2D eigenvalue weighted by Gasteiger charge is -2.10. The van der Waals surface area contributed by atoms with Crippen molar-refractivity contribution in [3.8, 4) is 11.6 Å². The molecule has 0 aliphatic carbocycles. The molecule has 6 nitrogen and oxygen atoms in total. The van der Waals surface area contributed by atoms with E-state index in [1.807, 2.05) is 0 Å². The fourth-order valence-electron chi connectivity index (χ4n) is 1.70. The van der Waals surface area contributed by atoms with Crippen LogP contribution < -0.4 is 4.74 Å². The highest BCUT2D eigenvalue weighted by Crippen LogP contribution is 2.37. The first-order valence-electron chi connectivity index (χ1n) is 5.50. The molecule has 0 N–H and O–H groups in total. The molecule has 1 heterocycles. The van der Waals surface area contributed by atoms with E-state index in [1.54, 1.807) is 19.9 Å². The minimum atomic E-state index is -0.522. The Hall–Kier alpha value is -1.92. The molecule has 0 saturated heterocycles. The van der Waals surface area contributed by atoms with Gasteiger partial charge in [-0.15, -0.1) is 0 Å². The van der Waals surface area contributed by atoms with Gasteiger partial charge in [0.15, 0.2) is 0 Å². The zero-order valence-electron chi connectivity index (χ0n) is 10.6. The number of halogens is 2. The van der Waals surface area contributed by atoms with Gasteiger partial charge in [-0.3, -0.25) is 10.1 Å². The zero-order valence-corrected chi connectivity index (χ0v) is 12.1. The second-order valence-corrected chi connectivity index (χ2v) is 4.83. The third-order valence-corrected chi connectivity index (χ3v) is 2.92. The highest BCUT2D eigenvalue weighted by Gasteiger charge is 2.21. The molecule has 1 aromatic heterocycles. The third kappa shape index (κ3) is 2.97. The molecule has 104 valence electrons. The van der Waals surface area contributed by atoms with Crippen LogP contribution in [0.2, 0.25) is 10.3 Å². The van der Waals surface area contributed by atoms with Crippen LogP contribution in [0.15, 0.2) is 18.3 Å². The molecule has 0 amide bonds.